The zero-order chi connectivity index (χ0) is 12.1. The second kappa shape index (κ2) is 5.58. The largest absolute Gasteiger partial charge is 0.433 e. The molecule has 0 bridgehead atoms. The van der Waals surface area contributed by atoms with Crippen molar-refractivity contribution in [2.45, 2.75) is 26.9 Å². The molecule has 0 fully saturated rings. The highest BCUT2D eigenvalue weighted by Gasteiger charge is 2.32. The predicted octanol–water partition coefficient (Wildman–Crippen LogP) is 3.48. The van der Waals surface area contributed by atoms with Gasteiger partial charge in [0.1, 0.15) is 5.69 Å². The fourth-order valence-corrected chi connectivity index (χ4v) is 0.948. The Bertz CT molecular complexity index is 308. The van der Waals surface area contributed by atoms with Crippen molar-refractivity contribution in [3.63, 3.8) is 0 Å². The van der Waals surface area contributed by atoms with Gasteiger partial charge in [0.05, 0.1) is 0 Å². The summed E-state index contributed by atoms with van der Waals surface area (Å²) in [4.78, 5) is 3.29. The van der Waals surface area contributed by atoms with Crippen molar-refractivity contribution < 1.29 is 13.2 Å². The molecule has 1 aromatic rings. The Labute approximate surface area is 87.5 Å². The standard InChI is InChI=1S/C8H9F3N2.C2H6/c1-5-4-13-7(8(9,10)11)3-6(5)12-2;1-2/h3-4H,1-2H3,(H,12,13);1-2H3. The summed E-state index contributed by atoms with van der Waals surface area (Å²) in [5, 5.41) is 2.67. The molecule has 0 unspecified atom stereocenters. The van der Waals surface area contributed by atoms with Crippen molar-refractivity contribution in [1.29, 1.82) is 0 Å². The number of aromatic nitrogens is 1. The maximum atomic E-state index is 12.1. The Morgan fingerprint density at radius 3 is 2.20 bits per heavy atom. The van der Waals surface area contributed by atoms with Gasteiger partial charge in [0.15, 0.2) is 0 Å². The van der Waals surface area contributed by atoms with Crippen LogP contribution in [0.25, 0.3) is 0 Å². The summed E-state index contributed by atoms with van der Waals surface area (Å²) in [7, 11) is 1.57. The molecule has 1 rings (SSSR count). The van der Waals surface area contributed by atoms with Gasteiger partial charge in [0.25, 0.3) is 0 Å². The van der Waals surface area contributed by atoms with Crippen molar-refractivity contribution in [1.82, 2.24) is 4.98 Å². The molecule has 0 aliphatic rings. The molecule has 0 radical (unpaired) electrons. The van der Waals surface area contributed by atoms with Crippen molar-refractivity contribution in [2.24, 2.45) is 0 Å². The zero-order valence-corrected chi connectivity index (χ0v) is 9.24. The normalized spacial score (nSPS) is 10.3. The lowest BCUT2D eigenvalue weighted by Crippen LogP contribution is -2.09. The van der Waals surface area contributed by atoms with Crippen LogP contribution in [0.3, 0.4) is 0 Å². The number of hydrogen-bond acceptors (Lipinski definition) is 2. The van der Waals surface area contributed by atoms with Gasteiger partial charge in [-0.2, -0.15) is 13.2 Å². The quantitative estimate of drug-likeness (QED) is 0.783. The van der Waals surface area contributed by atoms with Gasteiger partial charge in [0.2, 0.25) is 0 Å². The van der Waals surface area contributed by atoms with Crippen LogP contribution < -0.4 is 5.32 Å². The van der Waals surface area contributed by atoms with Gasteiger partial charge in [0, 0.05) is 18.9 Å². The van der Waals surface area contributed by atoms with E-state index in [1.165, 1.54) is 6.20 Å². The summed E-state index contributed by atoms with van der Waals surface area (Å²) in [5.41, 5.74) is 0.264. The molecule has 15 heavy (non-hydrogen) atoms. The van der Waals surface area contributed by atoms with Gasteiger partial charge in [-0.05, 0) is 18.6 Å². The molecule has 0 atom stereocenters. The predicted molar refractivity (Wildman–Crippen MR) is 54.9 cm³/mol. The number of halogens is 3. The third-order valence-corrected chi connectivity index (χ3v) is 1.66. The van der Waals surface area contributed by atoms with Crippen LogP contribution in [0.1, 0.15) is 25.1 Å². The van der Waals surface area contributed by atoms with Crippen molar-refractivity contribution >= 4 is 5.69 Å². The van der Waals surface area contributed by atoms with Crippen molar-refractivity contribution in [3.05, 3.63) is 23.5 Å². The SMILES string of the molecule is CC.CNc1cc(C(F)(F)F)ncc1C. The van der Waals surface area contributed by atoms with Crippen molar-refractivity contribution in [3.8, 4) is 0 Å². The lowest BCUT2D eigenvalue weighted by molar-refractivity contribution is -0.141. The molecule has 1 aromatic heterocycles. The number of nitrogens with one attached hydrogen (secondary N) is 1. The molecule has 0 amide bonds. The molecule has 0 aliphatic heterocycles. The van der Waals surface area contributed by atoms with E-state index in [-0.39, 0.29) is 0 Å². The lowest BCUT2D eigenvalue weighted by atomic mass is 10.2. The van der Waals surface area contributed by atoms with Crippen LogP contribution in [0.4, 0.5) is 18.9 Å². The van der Waals surface area contributed by atoms with E-state index < -0.39 is 11.9 Å². The highest BCUT2D eigenvalue weighted by molar-refractivity contribution is 5.50. The van der Waals surface area contributed by atoms with Crippen LogP contribution in [-0.2, 0) is 6.18 Å². The first-order valence-corrected chi connectivity index (χ1v) is 4.66. The molecule has 1 heterocycles. The second-order valence-corrected chi connectivity index (χ2v) is 2.63. The smallest absolute Gasteiger partial charge is 0.388 e. The fourth-order valence-electron chi connectivity index (χ4n) is 0.948. The van der Waals surface area contributed by atoms with Crippen LogP contribution in [0.15, 0.2) is 12.3 Å². The summed E-state index contributed by atoms with van der Waals surface area (Å²) in [6, 6.07) is 0.995. The molecule has 0 saturated carbocycles. The summed E-state index contributed by atoms with van der Waals surface area (Å²) in [5.74, 6) is 0. The summed E-state index contributed by atoms with van der Waals surface area (Å²) >= 11 is 0. The Kier molecular flexibility index (Phi) is 5.11. The summed E-state index contributed by atoms with van der Waals surface area (Å²) in [6.07, 6.45) is -3.17. The molecule has 0 spiro atoms. The maximum Gasteiger partial charge on any atom is 0.433 e. The first-order valence-electron chi connectivity index (χ1n) is 4.66. The van der Waals surface area contributed by atoms with E-state index in [9.17, 15) is 13.2 Å². The number of aryl methyl sites for hydroxylation is 1. The minimum absolute atomic E-state index is 0.447. The highest BCUT2D eigenvalue weighted by atomic mass is 19.4. The molecular weight excluding hydrogens is 205 g/mol. The fraction of sp³-hybridized carbons (Fsp3) is 0.500. The summed E-state index contributed by atoms with van der Waals surface area (Å²) < 4.78 is 36.4. The molecule has 86 valence electrons. The van der Waals surface area contributed by atoms with Gasteiger partial charge in [-0.1, -0.05) is 13.8 Å². The van der Waals surface area contributed by atoms with Crippen LogP contribution in [-0.4, -0.2) is 12.0 Å². The number of anilines is 1. The molecule has 0 aromatic carbocycles. The van der Waals surface area contributed by atoms with E-state index >= 15 is 0 Å². The van der Waals surface area contributed by atoms with Gasteiger partial charge >= 0.3 is 6.18 Å². The van der Waals surface area contributed by atoms with Gasteiger partial charge in [-0.3, -0.25) is 4.98 Å². The lowest BCUT2D eigenvalue weighted by Gasteiger charge is -2.09. The van der Waals surface area contributed by atoms with E-state index in [2.05, 4.69) is 10.3 Å². The first kappa shape index (κ1) is 13.7. The molecular formula is C10H15F3N2. The zero-order valence-electron chi connectivity index (χ0n) is 9.24. The van der Waals surface area contributed by atoms with E-state index in [0.29, 0.717) is 11.3 Å². The monoisotopic (exact) mass is 220 g/mol. The molecule has 2 nitrogen and oxygen atoms in total. The molecule has 5 heteroatoms. The number of alkyl halides is 3. The molecule has 0 saturated heterocycles. The topological polar surface area (TPSA) is 24.9 Å². The maximum absolute atomic E-state index is 12.1. The van der Waals surface area contributed by atoms with Gasteiger partial charge in [-0.25, -0.2) is 0 Å². The Morgan fingerprint density at radius 2 is 1.80 bits per heavy atom. The third kappa shape index (κ3) is 3.77. The van der Waals surface area contributed by atoms with Gasteiger partial charge in [-0.15, -0.1) is 0 Å². The Hall–Kier alpha value is -1.26. The summed E-state index contributed by atoms with van der Waals surface area (Å²) in [6.45, 7) is 5.69. The number of nitrogens with zero attached hydrogens (tertiary/aromatic N) is 1. The minimum atomic E-state index is -4.38. The molecule has 0 aliphatic carbocycles. The Balaban J connectivity index is 0.000000921. The van der Waals surface area contributed by atoms with Crippen molar-refractivity contribution in [2.75, 3.05) is 12.4 Å². The van der Waals surface area contributed by atoms with Crippen LogP contribution in [0.2, 0.25) is 0 Å². The van der Waals surface area contributed by atoms with E-state index in [4.69, 9.17) is 0 Å². The first-order chi connectivity index (χ1) is 6.95. The average molecular weight is 220 g/mol. The third-order valence-electron chi connectivity index (χ3n) is 1.66. The van der Waals surface area contributed by atoms with E-state index in [1.807, 2.05) is 13.8 Å². The second-order valence-electron chi connectivity index (χ2n) is 2.63. The van der Waals surface area contributed by atoms with Crippen LogP contribution >= 0.6 is 0 Å². The number of hydrogen-bond donors (Lipinski definition) is 1. The highest BCUT2D eigenvalue weighted by Crippen LogP contribution is 2.29. The number of pyridine rings is 1. The van der Waals surface area contributed by atoms with Gasteiger partial charge < -0.3 is 5.32 Å². The van der Waals surface area contributed by atoms with E-state index in [1.54, 1.807) is 14.0 Å². The number of rotatable bonds is 1. The minimum Gasteiger partial charge on any atom is -0.388 e. The van der Waals surface area contributed by atoms with Crippen LogP contribution in [0, 0.1) is 6.92 Å². The Morgan fingerprint density at radius 1 is 1.27 bits per heavy atom. The van der Waals surface area contributed by atoms with E-state index in [0.717, 1.165) is 6.07 Å². The molecule has 1 N–H and O–H groups in total. The average Bonchev–Trinajstić information content (AvgIpc) is 2.20. The van der Waals surface area contributed by atoms with Crippen LogP contribution in [0.5, 0.6) is 0 Å².